The fourth-order valence-electron chi connectivity index (χ4n) is 2.56. The van der Waals surface area contributed by atoms with Crippen molar-refractivity contribution in [2.24, 2.45) is 5.84 Å². The van der Waals surface area contributed by atoms with Gasteiger partial charge in [-0.2, -0.15) is 0 Å². The molecule has 0 atom stereocenters. The molecule has 0 radical (unpaired) electrons. The van der Waals surface area contributed by atoms with E-state index in [1.54, 1.807) is 23.2 Å². The van der Waals surface area contributed by atoms with Crippen molar-refractivity contribution in [1.82, 2.24) is 14.5 Å². The number of nitrogen functional groups attached to an aromatic ring is 1. The van der Waals surface area contributed by atoms with Gasteiger partial charge in [0.1, 0.15) is 21.4 Å². The molecule has 0 fully saturated rings. The Morgan fingerprint density at radius 1 is 1.17 bits per heavy atom. The normalized spacial score (nSPS) is 11.2. The van der Waals surface area contributed by atoms with Crippen LogP contribution in [0, 0.1) is 6.92 Å². The minimum atomic E-state index is -0.107. The summed E-state index contributed by atoms with van der Waals surface area (Å²) in [5.74, 6) is 5.56. The monoisotopic (exact) mass is 323 g/mol. The van der Waals surface area contributed by atoms with Crippen LogP contribution in [0.1, 0.15) is 5.56 Å². The third kappa shape index (κ3) is 2.09. The number of aryl methyl sites for hydroxylation is 1. The maximum atomic E-state index is 12.8. The van der Waals surface area contributed by atoms with E-state index in [0.29, 0.717) is 15.9 Å². The van der Waals surface area contributed by atoms with Crippen LogP contribution in [0.2, 0.25) is 0 Å². The van der Waals surface area contributed by atoms with Gasteiger partial charge in [-0.1, -0.05) is 17.7 Å². The molecule has 4 rings (SSSR count). The number of pyridine rings is 1. The van der Waals surface area contributed by atoms with Crippen LogP contribution in [-0.2, 0) is 0 Å². The standard InChI is InChI=1S/C16H13N5OS/c1-9-2-4-10(5-3-9)21-8-19-13-12-11(20-17)6-7-18-15(12)23-14(13)16(21)22/h2-8H,17H2,1H3,(H,18,20). The summed E-state index contributed by atoms with van der Waals surface area (Å²) in [5.41, 5.74) is 5.79. The molecule has 0 saturated heterocycles. The highest BCUT2D eigenvalue weighted by Gasteiger charge is 2.15. The number of aromatic nitrogens is 3. The molecule has 1 aromatic carbocycles. The highest BCUT2D eigenvalue weighted by molar-refractivity contribution is 7.25. The van der Waals surface area contributed by atoms with E-state index in [9.17, 15) is 4.79 Å². The number of nitrogens with zero attached hydrogens (tertiary/aromatic N) is 3. The van der Waals surface area contributed by atoms with Gasteiger partial charge in [-0.05, 0) is 25.1 Å². The Hall–Kier alpha value is -2.77. The molecule has 114 valence electrons. The smallest absolute Gasteiger partial charge is 0.275 e. The molecule has 0 amide bonds. The van der Waals surface area contributed by atoms with Crippen molar-refractivity contribution in [3.05, 3.63) is 58.8 Å². The molecule has 4 aromatic rings. The summed E-state index contributed by atoms with van der Waals surface area (Å²) in [5, 5.41) is 0.781. The molecule has 0 spiro atoms. The lowest BCUT2D eigenvalue weighted by Crippen LogP contribution is -2.17. The summed E-state index contributed by atoms with van der Waals surface area (Å²) in [7, 11) is 0. The average molecular weight is 323 g/mol. The number of nitrogens with one attached hydrogen (secondary N) is 1. The largest absolute Gasteiger partial charge is 0.323 e. The van der Waals surface area contributed by atoms with Crippen molar-refractivity contribution < 1.29 is 0 Å². The molecule has 3 aromatic heterocycles. The van der Waals surface area contributed by atoms with Crippen LogP contribution in [0.3, 0.4) is 0 Å². The van der Waals surface area contributed by atoms with Gasteiger partial charge in [0.15, 0.2) is 0 Å². The van der Waals surface area contributed by atoms with Crippen LogP contribution < -0.4 is 16.8 Å². The van der Waals surface area contributed by atoms with E-state index >= 15 is 0 Å². The van der Waals surface area contributed by atoms with Gasteiger partial charge >= 0.3 is 0 Å². The Labute approximate surface area is 135 Å². The van der Waals surface area contributed by atoms with Gasteiger partial charge in [-0.25, -0.2) is 9.97 Å². The molecule has 0 saturated carbocycles. The van der Waals surface area contributed by atoms with E-state index in [4.69, 9.17) is 5.84 Å². The molecule has 0 aliphatic carbocycles. The molecule has 7 heteroatoms. The van der Waals surface area contributed by atoms with Gasteiger partial charge in [0.2, 0.25) is 0 Å². The quantitative estimate of drug-likeness (QED) is 0.437. The van der Waals surface area contributed by atoms with E-state index in [2.05, 4.69) is 15.4 Å². The lowest BCUT2D eigenvalue weighted by molar-refractivity contribution is 0.966. The Bertz CT molecular complexity index is 1080. The molecule has 3 heterocycles. The predicted octanol–water partition coefficient (Wildman–Crippen LogP) is 2.59. The molecule has 3 N–H and O–H groups in total. The second-order valence-electron chi connectivity index (χ2n) is 5.22. The number of benzene rings is 1. The van der Waals surface area contributed by atoms with Crippen LogP contribution in [0.15, 0.2) is 47.7 Å². The summed E-state index contributed by atoms with van der Waals surface area (Å²) in [6.07, 6.45) is 3.21. The first-order valence-electron chi connectivity index (χ1n) is 7.01. The first kappa shape index (κ1) is 13.9. The second-order valence-corrected chi connectivity index (χ2v) is 6.22. The number of hydrogen-bond donors (Lipinski definition) is 2. The molecular formula is C16H13N5OS. The lowest BCUT2D eigenvalue weighted by atomic mass is 10.2. The number of fused-ring (bicyclic) bond motifs is 3. The van der Waals surface area contributed by atoms with Crippen molar-refractivity contribution in [3.63, 3.8) is 0 Å². The highest BCUT2D eigenvalue weighted by atomic mass is 32.1. The molecule has 0 aliphatic heterocycles. The SMILES string of the molecule is Cc1ccc(-n2cnc3c(sc4nccc(NN)c43)c2=O)cc1. The molecule has 0 bridgehead atoms. The Morgan fingerprint density at radius 3 is 2.70 bits per heavy atom. The summed E-state index contributed by atoms with van der Waals surface area (Å²) in [6.45, 7) is 2.01. The van der Waals surface area contributed by atoms with Gasteiger partial charge in [-0.15, -0.1) is 11.3 Å². The number of nitrogens with two attached hydrogens (primary N) is 1. The summed E-state index contributed by atoms with van der Waals surface area (Å²) in [4.78, 5) is 22.4. The minimum absolute atomic E-state index is 0.107. The zero-order valence-corrected chi connectivity index (χ0v) is 13.1. The highest BCUT2D eigenvalue weighted by Crippen LogP contribution is 2.33. The first-order chi connectivity index (χ1) is 11.2. The Morgan fingerprint density at radius 2 is 1.96 bits per heavy atom. The fourth-order valence-corrected chi connectivity index (χ4v) is 3.62. The summed E-state index contributed by atoms with van der Waals surface area (Å²) < 4.78 is 2.12. The van der Waals surface area contributed by atoms with Crippen molar-refractivity contribution in [3.8, 4) is 5.69 Å². The molecule has 6 nitrogen and oxygen atoms in total. The molecular weight excluding hydrogens is 310 g/mol. The number of anilines is 1. The van der Waals surface area contributed by atoms with E-state index in [1.165, 1.54) is 11.3 Å². The topological polar surface area (TPSA) is 85.8 Å². The van der Waals surface area contributed by atoms with Crippen LogP contribution in [0.25, 0.3) is 26.1 Å². The van der Waals surface area contributed by atoms with E-state index in [0.717, 1.165) is 21.5 Å². The number of rotatable bonds is 2. The predicted molar refractivity (Wildman–Crippen MR) is 93.1 cm³/mol. The van der Waals surface area contributed by atoms with E-state index in [-0.39, 0.29) is 5.56 Å². The van der Waals surface area contributed by atoms with Gasteiger partial charge in [0, 0.05) is 6.20 Å². The fraction of sp³-hybridized carbons (Fsp3) is 0.0625. The maximum Gasteiger partial charge on any atom is 0.275 e. The third-order valence-electron chi connectivity index (χ3n) is 3.75. The van der Waals surface area contributed by atoms with Crippen LogP contribution in [-0.4, -0.2) is 14.5 Å². The van der Waals surface area contributed by atoms with Crippen LogP contribution >= 0.6 is 11.3 Å². The maximum absolute atomic E-state index is 12.8. The molecule has 23 heavy (non-hydrogen) atoms. The summed E-state index contributed by atoms with van der Waals surface area (Å²) in [6, 6.07) is 9.51. The van der Waals surface area contributed by atoms with Gasteiger partial charge in [-0.3, -0.25) is 15.2 Å². The molecule has 0 aliphatic rings. The first-order valence-corrected chi connectivity index (χ1v) is 7.83. The number of hydrazine groups is 1. The number of thiophene rings is 1. The van der Waals surface area contributed by atoms with Crippen molar-refractivity contribution in [2.45, 2.75) is 6.92 Å². The second kappa shape index (κ2) is 5.15. The third-order valence-corrected chi connectivity index (χ3v) is 4.82. The number of hydrogen-bond acceptors (Lipinski definition) is 6. The van der Waals surface area contributed by atoms with Crippen molar-refractivity contribution >= 4 is 37.5 Å². The minimum Gasteiger partial charge on any atom is -0.323 e. The van der Waals surface area contributed by atoms with Crippen molar-refractivity contribution in [1.29, 1.82) is 0 Å². The Balaban J connectivity index is 2.04. The summed E-state index contributed by atoms with van der Waals surface area (Å²) >= 11 is 1.33. The average Bonchev–Trinajstić information content (AvgIpc) is 2.96. The zero-order chi connectivity index (χ0) is 16.0. The van der Waals surface area contributed by atoms with Crippen molar-refractivity contribution in [2.75, 3.05) is 5.43 Å². The molecule has 0 unspecified atom stereocenters. The Kier molecular flexibility index (Phi) is 3.10. The van der Waals surface area contributed by atoms with Crippen LogP contribution in [0.5, 0.6) is 0 Å². The zero-order valence-electron chi connectivity index (χ0n) is 12.3. The van der Waals surface area contributed by atoms with E-state index < -0.39 is 0 Å². The van der Waals surface area contributed by atoms with Gasteiger partial charge in [0.25, 0.3) is 5.56 Å². The lowest BCUT2D eigenvalue weighted by Gasteiger charge is -2.05. The van der Waals surface area contributed by atoms with Gasteiger partial charge < -0.3 is 5.43 Å². The van der Waals surface area contributed by atoms with Gasteiger partial charge in [0.05, 0.1) is 16.8 Å². The van der Waals surface area contributed by atoms with E-state index in [1.807, 2.05) is 31.2 Å². The van der Waals surface area contributed by atoms with Crippen LogP contribution in [0.4, 0.5) is 5.69 Å².